The van der Waals surface area contributed by atoms with Gasteiger partial charge in [0.25, 0.3) is 11.6 Å². The summed E-state index contributed by atoms with van der Waals surface area (Å²) in [7, 11) is 0. The Morgan fingerprint density at radius 1 is 1.12 bits per heavy atom. The van der Waals surface area contributed by atoms with Gasteiger partial charge in [0.1, 0.15) is 0 Å². The van der Waals surface area contributed by atoms with E-state index in [4.69, 9.17) is 4.74 Å². The summed E-state index contributed by atoms with van der Waals surface area (Å²) in [5.74, 6) is 1.14. The van der Waals surface area contributed by atoms with Crippen LogP contribution in [0.5, 0.6) is 0 Å². The van der Waals surface area contributed by atoms with Crippen LogP contribution < -0.4 is 0 Å². The van der Waals surface area contributed by atoms with Crippen molar-refractivity contribution < 1.29 is 14.5 Å². The minimum atomic E-state index is -0.406. The SMILES string of the molecule is CCn1c(SCc2ccc(C(=O)N3CCOCC3)cc2)nnc1-c1ccccc1[N+](=O)[O-]. The van der Waals surface area contributed by atoms with Gasteiger partial charge in [-0.3, -0.25) is 14.9 Å². The van der Waals surface area contributed by atoms with Crippen LogP contribution in [0.4, 0.5) is 5.69 Å². The number of hydrogen-bond donors (Lipinski definition) is 0. The first-order valence-corrected chi connectivity index (χ1v) is 11.3. The number of nitrogens with zero attached hydrogens (tertiary/aromatic N) is 5. The number of nitro benzene ring substituents is 1. The number of amides is 1. The Morgan fingerprint density at radius 3 is 2.53 bits per heavy atom. The molecule has 1 aromatic heterocycles. The molecule has 2 aromatic carbocycles. The predicted molar refractivity (Wildman–Crippen MR) is 121 cm³/mol. The van der Waals surface area contributed by atoms with Gasteiger partial charge >= 0.3 is 0 Å². The zero-order valence-corrected chi connectivity index (χ0v) is 18.5. The van der Waals surface area contributed by atoms with Crippen LogP contribution in [0, 0.1) is 10.1 Å². The first-order chi connectivity index (χ1) is 15.6. The van der Waals surface area contributed by atoms with Crippen LogP contribution in [-0.4, -0.2) is 56.8 Å². The molecule has 4 rings (SSSR count). The Labute approximate surface area is 189 Å². The summed E-state index contributed by atoms with van der Waals surface area (Å²) in [6.45, 7) is 4.93. The van der Waals surface area contributed by atoms with E-state index in [-0.39, 0.29) is 11.6 Å². The third-order valence-corrected chi connectivity index (χ3v) is 6.28. The zero-order valence-electron chi connectivity index (χ0n) is 17.6. The molecule has 1 saturated heterocycles. The van der Waals surface area contributed by atoms with Crippen LogP contribution in [0.1, 0.15) is 22.8 Å². The number of morpholine rings is 1. The molecule has 1 fully saturated rings. The molecule has 0 spiro atoms. The molecule has 0 aliphatic carbocycles. The molecule has 0 saturated carbocycles. The van der Waals surface area contributed by atoms with E-state index in [1.165, 1.54) is 17.8 Å². The number of benzene rings is 2. The lowest BCUT2D eigenvalue weighted by atomic mass is 10.1. The number of aromatic nitrogens is 3. The molecule has 0 bridgehead atoms. The fourth-order valence-corrected chi connectivity index (χ4v) is 4.50. The third kappa shape index (κ3) is 4.66. The van der Waals surface area contributed by atoms with Crippen LogP contribution in [-0.2, 0) is 17.0 Å². The highest BCUT2D eigenvalue weighted by Crippen LogP contribution is 2.31. The quantitative estimate of drug-likeness (QED) is 0.306. The molecule has 1 aliphatic rings. The molecule has 3 aromatic rings. The molecular formula is C22H23N5O4S. The number of para-hydroxylation sites is 1. The molecule has 32 heavy (non-hydrogen) atoms. The van der Waals surface area contributed by atoms with Gasteiger partial charge in [-0.15, -0.1) is 10.2 Å². The topological polar surface area (TPSA) is 103 Å². The number of ether oxygens (including phenoxy) is 1. The monoisotopic (exact) mass is 453 g/mol. The van der Waals surface area contributed by atoms with Gasteiger partial charge in [0.15, 0.2) is 11.0 Å². The maximum Gasteiger partial charge on any atom is 0.280 e. The highest BCUT2D eigenvalue weighted by atomic mass is 32.2. The average molecular weight is 454 g/mol. The van der Waals surface area contributed by atoms with Crippen molar-refractivity contribution >= 4 is 23.4 Å². The maximum absolute atomic E-state index is 12.6. The van der Waals surface area contributed by atoms with Crippen molar-refractivity contribution in [3.8, 4) is 11.4 Å². The number of rotatable bonds is 7. The summed E-state index contributed by atoms with van der Waals surface area (Å²) in [4.78, 5) is 25.4. The second-order valence-electron chi connectivity index (χ2n) is 7.21. The van der Waals surface area contributed by atoms with Gasteiger partial charge in [-0.2, -0.15) is 0 Å². The number of carbonyl (C=O) groups excluding carboxylic acids is 1. The van der Waals surface area contributed by atoms with Crippen molar-refractivity contribution in [2.75, 3.05) is 26.3 Å². The number of carbonyl (C=O) groups is 1. The molecule has 2 heterocycles. The molecule has 0 unspecified atom stereocenters. The fourth-order valence-electron chi connectivity index (χ4n) is 3.54. The lowest BCUT2D eigenvalue weighted by Crippen LogP contribution is -2.40. The van der Waals surface area contributed by atoms with Crippen LogP contribution in [0.2, 0.25) is 0 Å². The lowest BCUT2D eigenvalue weighted by molar-refractivity contribution is -0.384. The second-order valence-corrected chi connectivity index (χ2v) is 8.16. The first kappa shape index (κ1) is 22.0. The van der Waals surface area contributed by atoms with E-state index in [9.17, 15) is 14.9 Å². The Bertz CT molecular complexity index is 1110. The number of thioether (sulfide) groups is 1. The summed E-state index contributed by atoms with van der Waals surface area (Å²) in [6.07, 6.45) is 0. The highest BCUT2D eigenvalue weighted by molar-refractivity contribution is 7.98. The van der Waals surface area contributed by atoms with Crippen molar-refractivity contribution in [3.63, 3.8) is 0 Å². The molecule has 166 valence electrons. The molecule has 1 amide bonds. The largest absolute Gasteiger partial charge is 0.378 e. The van der Waals surface area contributed by atoms with E-state index in [2.05, 4.69) is 10.2 Å². The van der Waals surface area contributed by atoms with Crippen molar-refractivity contribution in [1.29, 1.82) is 0 Å². The summed E-state index contributed by atoms with van der Waals surface area (Å²) >= 11 is 1.50. The summed E-state index contributed by atoms with van der Waals surface area (Å²) in [5, 5.41) is 20.6. The zero-order chi connectivity index (χ0) is 22.5. The summed E-state index contributed by atoms with van der Waals surface area (Å²) in [6, 6.07) is 14.1. The second kappa shape index (κ2) is 9.92. The van der Waals surface area contributed by atoms with Gasteiger partial charge in [-0.1, -0.05) is 36.0 Å². The van der Waals surface area contributed by atoms with Gasteiger partial charge in [0.05, 0.1) is 23.7 Å². The summed E-state index contributed by atoms with van der Waals surface area (Å²) < 4.78 is 7.18. The van der Waals surface area contributed by atoms with Crippen LogP contribution >= 0.6 is 11.8 Å². The van der Waals surface area contributed by atoms with Gasteiger partial charge in [0, 0.05) is 37.0 Å². The molecule has 0 radical (unpaired) electrons. The van der Waals surface area contributed by atoms with Crippen LogP contribution in [0.15, 0.2) is 53.7 Å². The third-order valence-electron chi connectivity index (χ3n) is 5.24. The molecular weight excluding hydrogens is 430 g/mol. The van der Waals surface area contributed by atoms with E-state index < -0.39 is 4.92 Å². The first-order valence-electron chi connectivity index (χ1n) is 10.3. The molecule has 0 N–H and O–H groups in total. The van der Waals surface area contributed by atoms with Gasteiger partial charge in [-0.25, -0.2) is 0 Å². The summed E-state index contributed by atoms with van der Waals surface area (Å²) in [5.41, 5.74) is 2.17. The van der Waals surface area contributed by atoms with Crippen molar-refractivity contribution in [2.24, 2.45) is 0 Å². The van der Waals surface area contributed by atoms with E-state index in [1.54, 1.807) is 23.1 Å². The predicted octanol–water partition coefficient (Wildman–Crippen LogP) is 3.64. The Balaban J connectivity index is 1.47. The fraction of sp³-hybridized carbons (Fsp3) is 0.318. The Hall–Kier alpha value is -3.24. The van der Waals surface area contributed by atoms with Crippen molar-refractivity contribution in [2.45, 2.75) is 24.4 Å². The number of hydrogen-bond acceptors (Lipinski definition) is 7. The van der Waals surface area contributed by atoms with E-state index in [0.717, 1.165) is 5.56 Å². The van der Waals surface area contributed by atoms with Crippen LogP contribution in [0.25, 0.3) is 11.4 Å². The van der Waals surface area contributed by atoms with Crippen molar-refractivity contribution in [3.05, 3.63) is 69.8 Å². The minimum absolute atomic E-state index is 0.00618. The maximum atomic E-state index is 12.6. The van der Waals surface area contributed by atoms with Gasteiger partial charge in [0.2, 0.25) is 0 Å². The average Bonchev–Trinajstić information content (AvgIpc) is 3.26. The molecule has 0 atom stereocenters. The molecule has 1 aliphatic heterocycles. The molecule has 9 nitrogen and oxygen atoms in total. The van der Waals surface area contributed by atoms with E-state index >= 15 is 0 Å². The van der Waals surface area contributed by atoms with Crippen molar-refractivity contribution in [1.82, 2.24) is 19.7 Å². The smallest absolute Gasteiger partial charge is 0.280 e. The van der Waals surface area contributed by atoms with Crippen LogP contribution in [0.3, 0.4) is 0 Å². The van der Waals surface area contributed by atoms with Gasteiger partial charge < -0.3 is 14.2 Å². The van der Waals surface area contributed by atoms with Gasteiger partial charge in [-0.05, 0) is 30.7 Å². The Kier molecular flexibility index (Phi) is 6.81. The standard InChI is InChI=1S/C22H23N5O4S/c1-2-26-20(18-5-3-4-6-19(18)27(29)30)23-24-22(26)32-15-16-7-9-17(10-8-16)21(28)25-11-13-31-14-12-25/h3-10H,2,11-15H2,1H3. The lowest BCUT2D eigenvalue weighted by Gasteiger charge is -2.26. The van der Waals surface area contributed by atoms with E-state index in [0.29, 0.717) is 60.7 Å². The normalized spacial score (nSPS) is 13.8. The molecule has 10 heteroatoms. The van der Waals surface area contributed by atoms with E-state index in [1.807, 2.05) is 35.8 Å². The Morgan fingerprint density at radius 2 is 1.84 bits per heavy atom. The minimum Gasteiger partial charge on any atom is -0.378 e. The highest BCUT2D eigenvalue weighted by Gasteiger charge is 2.22. The number of nitro groups is 1.